The van der Waals surface area contributed by atoms with Gasteiger partial charge < -0.3 is 5.11 Å². The summed E-state index contributed by atoms with van der Waals surface area (Å²) in [5.74, 6) is 0. The average Bonchev–Trinajstić information content (AvgIpc) is 2.45. The molecule has 2 saturated heterocycles. The molecular weight excluding hydrogens is 174 g/mol. The summed E-state index contributed by atoms with van der Waals surface area (Å²) in [5, 5.41) is 9.71. The summed E-state index contributed by atoms with van der Waals surface area (Å²) in [4.78, 5) is 2.72. The summed E-state index contributed by atoms with van der Waals surface area (Å²) in [6, 6.07) is 2.14. The lowest BCUT2D eigenvalue weighted by Crippen LogP contribution is -2.49. The monoisotopic (exact) mass is 197 g/mol. The second-order valence-corrected chi connectivity index (χ2v) is 4.93. The zero-order valence-corrected chi connectivity index (χ0v) is 9.45. The molecule has 1 N–H and O–H groups in total. The van der Waals surface area contributed by atoms with Gasteiger partial charge in [0, 0.05) is 18.1 Å². The first-order chi connectivity index (χ1) is 6.76. The van der Waals surface area contributed by atoms with E-state index < -0.39 is 0 Å². The van der Waals surface area contributed by atoms with Gasteiger partial charge in [-0.3, -0.25) is 4.90 Å². The van der Waals surface area contributed by atoms with Crippen LogP contribution in [0.5, 0.6) is 0 Å². The molecule has 2 heterocycles. The van der Waals surface area contributed by atoms with E-state index in [0.29, 0.717) is 12.1 Å². The molecule has 0 aliphatic carbocycles. The molecule has 2 fully saturated rings. The molecule has 0 aromatic rings. The van der Waals surface area contributed by atoms with E-state index >= 15 is 0 Å². The van der Waals surface area contributed by atoms with Crippen molar-refractivity contribution >= 4 is 0 Å². The molecule has 0 aromatic carbocycles. The molecule has 82 valence electrons. The van der Waals surface area contributed by atoms with E-state index in [1.807, 2.05) is 0 Å². The number of aliphatic hydroxyl groups is 1. The van der Waals surface area contributed by atoms with E-state index in [9.17, 15) is 5.11 Å². The molecule has 0 amide bonds. The van der Waals surface area contributed by atoms with Crippen LogP contribution in [-0.4, -0.2) is 34.2 Å². The third-order valence-corrected chi connectivity index (χ3v) is 4.13. The van der Waals surface area contributed by atoms with Crippen molar-refractivity contribution in [3.8, 4) is 0 Å². The number of aliphatic hydroxyl groups excluding tert-OH is 1. The Bertz CT molecular complexity index is 177. The van der Waals surface area contributed by atoms with Gasteiger partial charge in [0.05, 0.1) is 6.10 Å². The van der Waals surface area contributed by atoms with Gasteiger partial charge in [0.25, 0.3) is 0 Å². The second kappa shape index (κ2) is 4.19. The van der Waals surface area contributed by atoms with Crippen LogP contribution in [0.3, 0.4) is 0 Å². The van der Waals surface area contributed by atoms with Gasteiger partial charge in [-0.05, 0) is 38.5 Å². The summed E-state index contributed by atoms with van der Waals surface area (Å²) in [6.07, 6.45) is 7.19. The lowest BCUT2D eigenvalue weighted by Gasteiger charge is -2.42. The van der Waals surface area contributed by atoms with Crippen molar-refractivity contribution in [1.82, 2.24) is 4.90 Å². The number of piperidine rings is 1. The molecule has 2 rings (SSSR count). The molecule has 0 radical (unpaired) electrons. The second-order valence-electron chi connectivity index (χ2n) is 4.93. The van der Waals surface area contributed by atoms with Crippen LogP contribution < -0.4 is 0 Å². The standard InChI is InChI=1S/C12H23NO/c1-3-9(4-2)13-10-5-6-11(13)8-12(14)7-10/h9-12,14H,3-8H2,1-2H3. The lowest BCUT2D eigenvalue weighted by molar-refractivity contribution is 0.00821. The fourth-order valence-electron chi connectivity index (χ4n) is 3.49. The van der Waals surface area contributed by atoms with Crippen LogP contribution in [0.25, 0.3) is 0 Å². The maximum atomic E-state index is 9.71. The van der Waals surface area contributed by atoms with Gasteiger partial charge in [0.1, 0.15) is 0 Å². The lowest BCUT2D eigenvalue weighted by atomic mass is 9.96. The Morgan fingerprint density at radius 1 is 1.14 bits per heavy atom. The van der Waals surface area contributed by atoms with Crippen LogP contribution in [0, 0.1) is 0 Å². The summed E-state index contributed by atoms with van der Waals surface area (Å²) in [6.45, 7) is 4.58. The van der Waals surface area contributed by atoms with Gasteiger partial charge in [0.2, 0.25) is 0 Å². The Labute approximate surface area is 87.3 Å². The minimum absolute atomic E-state index is 0.0156. The topological polar surface area (TPSA) is 23.5 Å². The third-order valence-electron chi connectivity index (χ3n) is 4.13. The first-order valence-electron chi connectivity index (χ1n) is 6.21. The van der Waals surface area contributed by atoms with Gasteiger partial charge in [-0.1, -0.05) is 13.8 Å². The first-order valence-corrected chi connectivity index (χ1v) is 6.21. The quantitative estimate of drug-likeness (QED) is 0.749. The Kier molecular flexibility index (Phi) is 3.13. The zero-order valence-electron chi connectivity index (χ0n) is 9.45. The predicted octanol–water partition coefficient (Wildman–Crippen LogP) is 2.16. The normalized spacial score (nSPS) is 38.1. The Hall–Kier alpha value is -0.0800. The molecule has 2 aliphatic rings. The maximum Gasteiger partial charge on any atom is 0.0570 e. The molecule has 0 spiro atoms. The number of fused-ring (bicyclic) bond motifs is 2. The minimum atomic E-state index is -0.0156. The largest absolute Gasteiger partial charge is 0.393 e. The van der Waals surface area contributed by atoms with Crippen molar-refractivity contribution in [1.29, 1.82) is 0 Å². The number of hydrogen-bond donors (Lipinski definition) is 1. The van der Waals surface area contributed by atoms with Crippen LogP contribution in [-0.2, 0) is 0 Å². The van der Waals surface area contributed by atoms with Crippen molar-refractivity contribution in [2.75, 3.05) is 0 Å². The van der Waals surface area contributed by atoms with Crippen molar-refractivity contribution in [3.05, 3.63) is 0 Å². The highest BCUT2D eigenvalue weighted by Crippen LogP contribution is 2.38. The smallest absolute Gasteiger partial charge is 0.0570 e. The van der Waals surface area contributed by atoms with Crippen LogP contribution in [0.4, 0.5) is 0 Å². The van der Waals surface area contributed by atoms with Gasteiger partial charge in [-0.25, -0.2) is 0 Å². The summed E-state index contributed by atoms with van der Waals surface area (Å²) < 4.78 is 0. The van der Waals surface area contributed by atoms with Crippen molar-refractivity contribution < 1.29 is 5.11 Å². The van der Waals surface area contributed by atoms with E-state index in [1.165, 1.54) is 25.7 Å². The van der Waals surface area contributed by atoms with Crippen molar-refractivity contribution in [3.63, 3.8) is 0 Å². The Balaban J connectivity index is 2.06. The Morgan fingerprint density at radius 3 is 2.07 bits per heavy atom. The highest BCUT2D eigenvalue weighted by Gasteiger charge is 2.42. The molecular formula is C12H23NO. The van der Waals surface area contributed by atoms with Gasteiger partial charge in [0.15, 0.2) is 0 Å². The van der Waals surface area contributed by atoms with E-state index in [2.05, 4.69) is 18.7 Å². The zero-order chi connectivity index (χ0) is 10.1. The number of rotatable bonds is 3. The first kappa shape index (κ1) is 10.4. The summed E-state index contributed by atoms with van der Waals surface area (Å²) >= 11 is 0. The predicted molar refractivity (Wildman–Crippen MR) is 58.3 cm³/mol. The van der Waals surface area contributed by atoms with Crippen molar-refractivity contribution in [2.24, 2.45) is 0 Å². The molecule has 2 unspecified atom stereocenters. The van der Waals surface area contributed by atoms with E-state index in [0.717, 1.165) is 18.9 Å². The average molecular weight is 197 g/mol. The maximum absolute atomic E-state index is 9.71. The SMILES string of the molecule is CCC(CC)N1C2CCC1CC(O)C2. The highest BCUT2D eigenvalue weighted by molar-refractivity contribution is 4.97. The number of hydrogen-bond acceptors (Lipinski definition) is 2. The van der Waals surface area contributed by atoms with Crippen molar-refractivity contribution in [2.45, 2.75) is 76.6 Å². The molecule has 0 aromatic heterocycles. The van der Waals surface area contributed by atoms with E-state index in [1.54, 1.807) is 0 Å². The van der Waals surface area contributed by atoms with Gasteiger partial charge >= 0.3 is 0 Å². The molecule has 2 nitrogen and oxygen atoms in total. The summed E-state index contributed by atoms with van der Waals surface area (Å²) in [5.41, 5.74) is 0. The number of nitrogens with zero attached hydrogens (tertiary/aromatic N) is 1. The van der Waals surface area contributed by atoms with Gasteiger partial charge in [-0.2, -0.15) is 0 Å². The van der Waals surface area contributed by atoms with E-state index in [4.69, 9.17) is 0 Å². The summed E-state index contributed by atoms with van der Waals surface area (Å²) in [7, 11) is 0. The highest BCUT2D eigenvalue weighted by atomic mass is 16.3. The molecule has 14 heavy (non-hydrogen) atoms. The van der Waals surface area contributed by atoms with Crippen LogP contribution >= 0.6 is 0 Å². The Morgan fingerprint density at radius 2 is 1.64 bits per heavy atom. The van der Waals surface area contributed by atoms with E-state index in [-0.39, 0.29) is 6.10 Å². The fourth-order valence-corrected chi connectivity index (χ4v) is 3.49. The molecule has 2 atom stereocenters. The molecule has 2 aliphatic heterocycles. The molecule has 2 bridgehead atoms. The third kappa shape index (κ3) is 1.70. The van der Waals surface area contributed by atoms with Crippen LogP contribution in [0.2, 0.25) is 0 Å². The van der Waals surface area contributed by atoms with Gasteiger partial charge in [-0.15, -0.1) is 0 Å². The van der Waals surface area contributed by atoms with Crippen LogP contribution in [0.1, 0.15) is 52.4 Å². The van der Waals surface area contributed by atoms with Crippen LogP contribution in [0.15, 0.2) is 0 Å². The molecule has 0 saturated carbocycles. The molecule has 2 heteroatoms. The fraction of sp³-hybridized carbons (Fsp3) is 1.00. The minimum Gasteiger partial charge on any atom is -0.393 e.